The van der Waals surface area contributed by atoms with Gasteiger partial charge in [-0.25, -0.2) is 4.98 Å². The predicted octanol–water partition coefficient (Wildman–Crippen LogP) is 0.999. The van der Waals surface area contributed by atoms with Gasteiger partial charge in [0.1, 0.15) is 12.3 Å². The first-order valence-corrected chi connectivity index (χ1v) is 5.91. The van der Waals surface area contributed by atoms with Gasteiger partial charge in [0, 0.05) is 17.2 Å². The third-order valence-corrected chi connectivity index (χ3v) is 2.06. The monoisotopic (exact) mass is 276 g/mol. The number of aromatic nitrogens is 1. The summed E-state index contributed by atoms with van der Waals surface area (Å²) in [4.78, 5) is 25.7. The van der Waals surface area contributed by atoms with Crippen molar-refractivity contribution in [3.05, 3.63) is 23.5 Å². The molecule has 1 amide bonds. The fourth-order valence-corrected chi connectivity index (χ4v) is 1.20. The first-order chi connectivity index (χ1) is 9.19. The molecule has 0 bridgehead atoms. The van der Waals surface area contributed by atoms with Crippen molar-refractivity contribution < 1.29 is 19.8 Å². The van der Waals surface area contributed by atoms with Crippen molar-refractivity contribution in [2.24, 2.45) is 5.41 Å². The highest BCUT2D eigenvalue weighted by Gasteiger charge is 2.14. The number of carboxylic acids is 1. The Labute approximate surface area is 116 Å². The minimum Gasteiger partial charge on any atom is -0.505 e. The van der Waals surface area contributed by atoms with Crippen molar-refractivity contribution >= 4 is 11.9 Å². The van der Waals surface area contributed by atoms with Gasteiger partial charge in [0.2, 0.25) is 0 Å². The van der Waals surface area contributed by atoms with E-state index in [1.807, 2.05) is 20.8 Å². The lowest BCUT2D eigenvalue weighted by atomic mass is 9.97. The zero-order valence-electron chi connectivity index (χ0n) is 11.5. The van der Waals surface area contributed by atoms with E-state index in [1.165, 1.54) is 12.3 Å². The second-order valence-corrected chi connectivity index (χ2v) is 5.17. The average molecular weight is 276 g/mol. The summed E-state index contributed by atoms with van der Waals surface area (Å²) >= 11 is 0. The van der Waals surface area contributed by atoms with E-state index in [0.29, 0.717) is 5.56 Å². The summed E-state index contributed by atoms with van der Waals surface area (Å²) in [6.07, 6.45) is 1.36. The normalized spacial score (nSPS) is 10.3. The van der Waals surface area contributed by atoms with Gasteiger partial charge in [-0.1, -0.05) is 11.8 Å². The van der Waals surface area contributed by atoms with Crippen LogP contribution in [0.1, 0.15) is 36.8 Å². The van der Waals surface area contributed by atoms with Gasteiger partial charge >= 0.3 is 5.97 Å². The van der Waals surface area contributed by atoms with Crippen molar-refractivity contribution in [3.63, 3.8) is 0 Å². The number of rotatable bonds is 3. The van der Waals surface area contributed by atoms with E-state index in [-0.39, 0.29) is 16.9 Å². The van der Waals surface area contributed by atoms with E-state index in [0.717, 1.165) is 0 Å². The third kappa shape index (κ3) is 4.98. The summed E-state index contributed by atoms with van der Waals surface area (Å²) < 4.78 is 0. The Morgan fingerprint density at radius 1 is 1.40 bits per heavy atom. The number of carbonyl (C=O) groups excluding carboxylic acids is 1. The molecule has 0 unspecified atom stereocenters. The van der Waals surface area contributed by atoms with Crippen molar-refractivity contribution in [1.82, 2.24) is 10.3 Å². The highest BCUT2D eigenvalue weighted by atomic mass is 16.4. The largest absolute Gasteiger partial charge is 0.505 e. The quantitative estimate of drug-likeness (QED) is 0.715. The van der Waals surface area contributed by atoms with Gasteiger partial charge in [0.15, 0.2) is 5.69 Å². The van der Waals surface area contributed by atoms with Crippen LogP contribution >= 0.6 is 0 Å². The Balaban J connectivity index is 2.90. The second-order valence-electron chi connectivity index (χ2n) is 5.17. The molecule has 6 heteroatoms. The zero-order chi connectivity index (χ0) is 15.3. The molecule has 0 fully saturated rings. The minimum absolute atomic E-state index is 0.187. The predicted molar refractivity (Wildman–Crippen MR) is 72.2 cm³/mol. The van der Waals surface area contributed by atoms with E-state index in [9.17, 15) is 14.7 Å². The zero-order valence-corrected chi connectivity index (χ0v) is 11.5. The molecule has 0 aliphatic carbocycles. The first kappa shape index (κ1) is 15.5. The summed E-state index contributed by atoms with van der Waals surface area (Å²) in [5, 5.41) is 20.3. The van der Waals surface area contributed by atoms with Gasteiger partial charge in [-0.15, -0.1) is 0 Å². The summed E-state index contributed by atoms with van der Waals surface area (Å²) in [6.45, 7) is 5.30. The van der Waals surface area contributed by atoms with Crippen molar-refractivity contribution in [3.8, 4) is 17.6 Å². The number of pyridine rings is 1. The molecular weight excluding hydrogens is 260 g/mol. The summed E-state index contributed by atoms with van der Waals surface area (Å²) in [6, 6.07) is 1.32. The van der Waals surface area contributed by atoms with Crippen LogP contribution in [-0.2, 0) is 4.79 Å². The lowest BCUT2D eigenvalue weighted by molar-refractivity contribution is -0.135. The van der Waals surface area contributed by atoms with Crippen LogP contribution < -0.4 is 5.32 Å². The molecule has 0 saturated carbocycles. The van der Waals surface area contributed by atoms with Crippen molar-refractivity contribution in [2.75, 3.05) is 6.54 Å². The van der Waals surface area contributed by atoms with Gasteiger partial charge in [0.25, 0.3) is 5.91 Å². The highest BCUT2D eigenvalue weighted by Crippen LogP contribution is 2.16. The maximum atomic E-state index is 11.6. The van der Waals surface area contributed by atoms with E-state index >= 15 is 0 Å². The minimum atomic E-state index is -1.18. The van der Waals surface area contributed by atoms with Gasteiger partial charge in [-0.05, 0) is 26.8 Å². The summed E-state index contributed by atoms with van der Waals surface area (Å²) in [5.41, 5.74) is 0.0624. The number of hydrogen-bond donors (Lipinski definition) is 3. The van der Waals surface area contributed by atoms with E-state index in [1.54, 1.807) is 0 Å². The Kier molecular flexibility index (Phi) is 4.70. The number of aromatic hydroxyl groups is 1. The van der Waals surface area contributed by atoms with Crippen LogP contribution in [0.4, 0.5) is 0 Å². The molecule has 1 aromatic heterocycles. The summed E-state index contributed by atoms with van der Waals surface area (Å²) in [7, 11) is 0. The number of nitrogens with one attached hydrogen (secondary N) is 1. The number of hydrogen-bond acceptors (Lipinski definition) is 4. The maximum Gasteiger partial charge on any atom is 0.322 e. The van der Waals surface area contributed by atoms with E-state index < -0.39 is 18.4 Å². The van der Waals surface area contributed by atoms with Crippen LogP contribution in [0, 0.1) is 17.3 Å². The lowest BCUT2D eigenvalue weighted by Gasteiger charge is -2.07. The number of nitrogens with zero attached hydrogens (tertiary/aromatic N) is 1. The molecular formula is C14H16N2O4. The molecule has 0 radical (unpaired) electrons. The van der Waals surface area contributed by atoms with Gasteiger partial charge in [-0.3, -0.25) is 9.59 Å². The van der Waals surface area contributed by atoms with Crippen LogP contribution in [0.5, 0.6) is 5.75 Å². The molecule has 0 saturated heterocycles. The number of aliphatic carboxylic acids is 1. The average Bonchev–Trinajstić information content (AvgIpc) is 2.32. The molecule has 1 rings (SSSR count). The van der Waals surface area contributed by atoms with Gasteiger partial charge < -0.3 is 15.5 Å². The molecule has 106 valence electrons. The van der Waals surface area contributed by atoms with Crippen LogP contribution in [-0.4, -0.2) is 33.6 Å². The van der Waals surface area contributed by atoms with Gasteiger partial charge in [-0.2, -0.15) is 0 Å². The number of amides is 1. The fraction of sp³-hybridized carbons (Fsp3) is 0.357. The molecule has 3 N–H and O–H groups in total. The molecule has 20 heavy (non-hydrogen) atoms. The molecule has 0 spiro atoms. The molecule has 0 aliphatic rings. The molecule has 0 atom stereocenters. The Morgan fingerprint density at radius 2 is 2.05 bits per heavy atom. The second kappa shape index (κ2) is 6.06. The lowest BCUT2D eigenvalue weighted by Crippen LogP contribution is -2.29. The SMILES string of the molecule is CC(C)(C)C#Cc1cnc(C(=O)NCC(=O)O)c(O)c1. The van der Waals surface area contributed by atoms with Crippen LogP contribution in [0.25, 0.3) is 0 Å². The first-order valence-electron chi connectivity index (χ1n) is 5.91. The molecule has 0 aliphatic heterocycles. The highest BCUT2D eigenvalue weighted by molar-refractivity contribution is 5.96. The van der Waals surface area contributed by atoms with Crippen LogP contribution in [0.15, 0.2) is 12.3 Å². The Hall–Kier alpha value is -2.55. The molecule has 1 aromatic rings. The Bertz CT molecular complexity index is 591. The van der Waals surface area contributed by atoms with Gasteiger partial charge in [0.05, 0.1) is 0 Å². The van der Waals surface area contributed by atoms with Crippen molar-refractivity contribution in [1.29, 1.82) is 0 Å². The molecule has 1 heterocycles. The molecule has 0 aromatic carbocycles. The smallest absolute Gasteiger partial charge is 0.322 e. The summed E-state index contributed by atoms with van der Waals surface area (Å²) in [5.74, 6) is 3.55. The third-order valence-electron chi connectivity index (χ3n) is 2.06. The fourth-order valence-electron chi connectivity index (χ4n) is 1.20. The Morgan fingerprint density at radius 3 is 2.55 bits per heavy atom. The van der Waals surface area contributed by atoms with E-state index in [4.69, 9.17) is 5.11 Å². The number of carboxylic acid groups (broad SMARTS) is 1. The topological polar surface area (TPSA) is 99.5 Å². The van der Waals surface area contributed by atoms with Crippen LogP contribution in [0.2, 0.25) is 0 Å². The van der Waals surface area contributed by atoms with E-state index in [2.05, 4.69) is 22.1 Å². The van der Waals surface area contributed by atoms with Crippen LogP contribution in [0.3, 0.4) is 0 Å². The van der Waals surface area contributed by atoms with Crippen molar-refractivity contribution in [2.45, 2.75) is 20.8 Å². The number of carbonyl (C=O) groups is 2. The maximum absolute atomic E-state index is 11.6. The molecule has 6 nitrogen and oxygen atoms in total. The standard InChI is InChI=1S/C14H16N2O4/c1-14(2,3)5-4-9-6-10(17)12(15-7-9)13(20)16-8-11(18)19/h6-7,17H,8H2,1-3H3,(H,16,20)(H,18,19).